The maximum Gasteiger partial charge on any atom is 0.416 e. The van der Waals surface area contributed by atoms with Gasteiger partial charge in [0.05, 0.1) is 22.6 Å². The summed E-state index contributed by atoms with van der Waals surface area (Å²) >= 11 is 6.12. The molecule has 1 aliphatic heterocycles. The second-order valence-electron chi connectivity index (χ2n) is 7.42. The van der Waals surface area contributed by atoms with E-state index in [-0.39, 0.29) is 40.6 Å². The van der Waals surface area contributed by atoms with Crippen LogP contribution in [0.4, 0.5) is 13.2 Å². The summed E-state index contributed by atoms with van der Waals surface area (Å²) in [7, 11) is -4.21. The SMILES string of the molecule is CCNS(=O)(=O)NC(COc1cc(C(F)(F)F)ccc1[C@H]1CC(=O)c2cccc(Cl)c2O1)C(=O)O. The largest absolute Gasteiger partial charge is 0.491 e. The second kappa shape index (κ2) is 10.4. The van der Waals surface area contributed by atoms with Crippen LogP contribution in [0.3, 0.4) is 0 Å². The van der Waals surface area contributed by atoms with Gasteiger partial charge in [-0.1, -0.05) is 30.7 Å². The van der Waals surface area contributed by atoms with E-state index < -0.39 is 52.4 Å². The third-order valence-corrected chi connectivity index (χ3v) is 6.48. The van der Waals surface area contributed by atoms with Crippen LogP contribution in [-0.2, 0) is 21.2 Å². The number of hydrogen-bond acceptors (Lipinski definition) is 6. The van der Waals surface area contributed by atoms with Gasteiger partial charge in [0.25, 0.3) is 10.2 Å². The predicted molar refractivity (Wildman–Crippen MR) is 118 cm³/mol. The van der Waals surface area contributed by atoms with E-state index in [0.29, 0.717) is 6.07 Å². The number of ketones is 1. The van der Waals surface area contributed by atoms with Gasteiger partial charge >= 0.3 is 12.1 Å². The zero-order chi connectivity index (χ0) is 26.0. The monoisotopic (exact) mass is 536 g/mol. The maximum atomic E-state index is 13.3. The van der Waals surface area contributed by atoms with Crippen molar-refractivity contribution in [2.75, 3.05) is 13.2 Å². The van der Waals surface area contributed by atoms with Gasteiger partial charge in [-0.25, -0.2) is 4.72 Å². The van der Waals surface area contributed by atoms with Gasteiger partial charge in [-0.15, -0.1) is 0 Å². The Morgan fingerprint density at radius 1 is 1.31 bits per heavy atom. The van der Waals surface area contributed by atoms with E-state index >= 15 is 0 Å². The van der Waals surface area contributed by atoms with Gasteiger partial charge in [-0.2, -0.15) is 26.3 Å². The Bertz CT molecular complexity index is 1240. The van der Waals surface area contributed by atoms with Gasteiger partial charge in [0.2, 0.25) is 0 Å². The van der Waals surface area contributed by atoms with Gasteiger partial charge in [0.15, 0.2) is 11.8 Å². The number of fused-ring (bicyclic) bond motifs is 1. The smallest absolute Gasteiger partial charge is 0.416 e. The Kier molecular flexibility index (Phi) is 7.94. The lowest BCUT2D eigenvalue weighted by Crippen LogP contribution is -2.49. The number of carboxylic acids is 1. The molecule has 0 fully saturated rings. The molecule has 3 N–H and O–H groups in total. The van der Waals surface area contributed by atoms with Crippen molar-refractivity contribution in [3.63, 3.8) is 0 Å². The number of aliphatic carboxylic acids is 1. The number of rotatable bonds is 9. The lowest BCUT2D eigenvalue weighted by Gasteiger charge is -2.28. The Balaban J connectivity index is 1.95. The number of benzene rings is 2. The molecular formula is C21H20ClF3N2O7S. The van der Waals surface area contributed by atoms with Gasteiger partial charge in [0.1, 0.15) is 24.2 Å². The van der Waals surface area contributed by atoms with E-state index in [4.69, 9.17) is 21.1 Å². The fourth-order valence-corrected chi connectivity index (χ4v) is 4.56. The second-order valence-corrected chi connectivity index (χ2v) is 9.36. The number of Topliss-reactive ketones (excluding diaryl/α,β-unsaturated/α-hetero) is 1. The molecule has 3 rings (SSSR count). The summed E-state index contributed by atoms with van der Waals surface area (Å²) in [5, 5.41) is 9.48. The van der Waals surface area contributed by atoms with Crippen LogP contribution in [0, 0.1) is 0 Å². The molecule has 9 nitrogen and oxygen atoms in total. The Hall–Kier alpha value is -2.87. The van der Waals surface area contributed by atoms with E-state index in [0.717, 1.165) is 12.1 Å². The van der Waals surface area contributed by atoms with Crippen molar-refractivity contribution in [1.29, 1.82) is 0 Å². The standard InChI is InChI=1S/C21H20ClF3N2O7S/c1-2-26-35(31,32)27-15(20(29)30)10-33-17-8-11(21(23,24)25)6-7-13(17)18-9-16(28)12-4-3-5-14(22)19(12)34-18/h3-8,15,18,26-27H,2,9-10H2,1H3,(H,29,30)/t15?,18-/m1/s1. The van der Waals surface area contributed by atoms with E-state index in [1.165, 1.54) is 19.1 Å². The van der Waals surface area contributed by atoms with Crippen LogP contribution in [-0.4, -0.2) is 44.5 Å². The first-order valence-corrected chi connectivity index (χ1v) is 12.0. The first-order valence-electron chi connectivity index (χ1n) is 10.1. The lowest BCUT2D eigenvalue weighted by atomic mass is 9.95. The summed E-state index contributed by atoms with van der Waals surface area (Å²) in [5.74, 6) is -2.36. The molecular weight excluding hydrogens is 517 g/mol. The molecule has 190 valence electrons. The highest BCUT2D eigenvalue weighted by Crippen LogP contribution is 2.43. The summed E-state index contributed by atoms with van der Waals surface area (Å²) in [6, 6.07) is 5.15. The van der Waals surface area contributed by atoms with E-state index in [9.17, 15) is 36.3 Å². The minimum absolute atomic E-state index is 0.0237. The molecule has 2 aromatic carbocycles. The van der Waals surface area contributed by atoms with Crippen LogP contribution >= 0.6 is 11.6 Å². The van der Waals surface area contributed by atoms with Crippen LogP contribution in [0.1, 0.15) is 40.9 Å². The van der Waals surface area contributed by atoms with Crippen LogP contribution in [0.5, 0.6) is 11.5 Å². The molecule has 1 heterocycles. The predicted octanol–water partition coefficient (Wildman–Crippen LogP) is 3.34. The van der Waals surface area contributed by atoms with Crippen LogP contribution in [0.15, 0.2) is 36.4 Å². The molecule has 0 aromatic heterocycles. The van der Waals surface area contributed by atoms with E-state index in [2.05, 4.69) is 0 Å². The van der Waals surface area contributed by atoms with E-state index in [1.807, 2.05) is 9.44 Å². The summed E-state index contributed by atoms with van der Waals surface area (Å²) < 4.78 is 78.8. The number of carboxylic acid groups (broad SMARTS) is 1. The number of carbonyl (C=O) groups excluding carboxylic acids is 1. The van der Waals surface area contributed by atoms with Crippen molar-refractivity contribution < 1.29 is 45.8 Å². The quantitative estimate of drug-likeness (QED) is 0.448. The molecule has 1 unspecified atom stereocenters. The van der Waals surface area contributed by atoms with Crippen molar-refractivity contribution in [3.05, 3.63) is 58.1 Å². The molecule has 0 saturated carbocycles. The van der Waals surface area contributed by atoms with Crippen LogP contribution in [0.2, 0.25) is 5.02 Å². The molecule has 35 heavy (non-hydrogen) atoms. The average Bonchev–Trinajstić information content (AvgIpc) is 2.76. The third kappa shape index (κ3) is 6.42. The van der Waals surface area contributed by atoms with Gasteiger partial charge < -0.3 is 14.6 Å². The van der Waals surface area contributed by atoms with Crippen molar-refractivity contribution >= 4 is 33.6 Å². The molecule has 2 atom stereocenters. The summed E-state index contributed by atoms with van der Waals surface area (Å²) in [4.78, 5) is 24.1. The van der Waals surface area contributed by atoms with Crippen molar-refractivity contribution in [2.45, 2.75) is 31.7 Å². The Labute approximate surface area is 203 Å². The van der Waals surface area contributed by atoms with Gasteiger partial charge in [0, 0.05) is 12.1 Å². The number of alkyl halides is 3. The molecule has 0 aliphatic carbocycles. The van der Waals surface area contributed by atoms with Crippen LogP contribution in [0.25, 0.3) is 0 Å². The zero-order valence-electron chi connectivity index (χ0n) is 18.1. The molecule has 14 heteroatoms. The molecule has 1 aliphatic rings. The number of ether oxygens (including phenoxy) is 2. The Morgan fingerprint density at radius 3 is 2.66 bits per heavy atom. The highest BCUT2D eigenvalue weighted by atomic mass is 35.5. The fourth-order valence-electron chi connectivity index (χ4n) is 3.33. The topological polar surface area (TPSA) is 131 Å². The number of halogens is 4. The highest BCUT2D eigenvalue weighted by molar-refractivity contribution is 7.87. The number of hydrogen-bond donors (Lipinski definition) is 3. The molecule has 0 bridgehead atoms. The van der Waals surface area contributed by atoms with Gasteiger partial charge in [-0.05, 0) is 24.3 Å². The minimum atomic E-state index is -4.76. The average molecular weight is 537 g/mol. The number of carbonyl (C=O) groups is 2. The molecule has 2 aromatic rings. The first kappa shape index (κ1) is 26.7. The maximum absolute atomic E-state index is 13.3. The Morgan fingerprint density at radius 2 is 2.03 bits per heavy atom. The molecule has 0 spiro atoms. The summed E-state index contributed by atoms with van der Waals surface area (Å²) in [6.07, 6.45) is -6.09. The summed E-state index contributed by atoms with van der Waals surface area (Å²) in [6.45, 7) is 0.583. The normalized spacial score (nSPS) is 16.8. The minimum Gasteiger partial charge on any atom is -0.491 e. The zero-order valence-corrected chi connectivity index (χ0v) is 19.6. The highest BCUT2D eigenvalue weighted by Gasteiger charge is 2.35. The number of para-hydroxylation sites is 1. The van der Waals surface area contributed by atoms with Crippen molar-refractivity contribution in [2.24, 2.45) is 0 Å². The fraction of sp³-hybridized carbons (Fsp3) is 0.333. The van der Waals surface area contributed by atoms with Crippen molar-refractivity contribution in [1.82, 2.24) is 9.44 Å². The van der Waals surface area contributed by atoms with Gasteiger partial charge in [-0.3, -0.25) is 9.59 Å². The molecule has 0 saturated heterocycles. The molecule has 0 radical (unpaired) electrons. The van der Waals surface area contributed by atoms with Crippen molar-refractivity contribution in [3.8, 4) is 11.5 Å². The first-order chi connectivity index (χ1) is 16.3. The number of nitrogens with one attached hydrogen (secondary N) is 2. The summed E-state index contributed by atoms with van der Waals surface area (Å²) in [5.41, 5.74) is -0.862. The lowest BCUT2D eigenvalue weighted by molar-refractivity contribution is -0.140. The third-order valence-electron chi connectivity index (χ3n) is 4.92. The van der Waals surface area contributed by atoms with Crippen LogP contribution < -0.4 is 18.9 Å². The van der Waals surface area contributed by atoms with E-state index in [1.54, 1.807) is 6.07 Å². The molecule has 0 amide bonds.